The third-order valence-corrected chi connectivity index (χ3v) is 4.40. The Morgan fingerprint density at radius 3 is 2.56 bits per heavy atom. The molecular weight excluding hydrogens is 333 g/mol. The highest BCUT2D eigenvalue weighted by Crippen LogP contribution is 2.31. The monoisotopic (exact) mass is 352 g/mol. The molecule has 1 saturated carbocycles. The van der Waals surface area contributed by atoms with Gasteiger partial charge in [-0.25, -0.2) is 4.68 Å². The normalized spacial score (nSPS) is 21.1. The highest BCUT2D eigenvalue weighted by Gasteiger charge is 2.35. The number of alkyl halides is 3. The lowest BCUT2D eigenvalue weighted by atomic mass is 9.85. The lowest BCUT2D eigenvalue weighted by Gasteiger charge is -2.25. The van der Waals surface area contributed by atoms with E-state index in [4.69, 9.17) is 5.73 Å². The number of nitrogens with two attached hydrogens (primary N) is 1. The maximum atomic E-state index is 12.9. The van der Waals surface area contributed by atoms with E-state index >= 15 is 0 Å². The van der Waals surface area contributed by atoms with Gasteiger partial charge >= 0.3 is 6.18 Å². The van der Waals surface area contributed by atoms with Crippen molar-refractivity contribution < 1.29 is 18.0 Å². The van der Waals surface area contributed by atoms with Crippen LogP contribution in [0.25, 0.3) is 5.69 Å². The quantitative estimate of drug-likeness (QED) is 0.890. The fraction of sp³-hybridized carbons (Fsp3) is 0.412. The molecule has 0 radical (unpaired) electrons. The summed E-state index contributed by atoms with van der Waals surface area (Å²) in [5, 5.41) is 6.52. The van der Waals surface area contributed by atoms with Crippen molar-refractivity contribution in [2.75, 3.05) is 5.32 Å². The number of hydrogen-bond acceptors (Lipinski definition) is 3. The van der Waals surface area contributed by atoms with Gasteiger partial charge in [-0.1, -0.05) is 6.42 Å². The van der Waals surface area contributed by atoms with Gasteiger partial charge in [0.05, 0.1) is 11.9 Å². The fourth-order valence-corrected chi connectivity index (χ4v) is 3.12. The predicted molar refractivity (Wildman–Crippen MR) is 87.1 cm³/mol. The van der Waals surface area contributed by atoms with Crippen molar-refractivity contribution in [3.63, 3.8) is 0 Å². The van der Waals surface area contributed by atoms with E-state index in [-0.39, 0.29) is 23.6 Å². The van der Waals surface area contributed by atoms with Crippen LogP contribution in [0.4, 0.5) is 18.9 Å². The molecule has 2 unspecified atom stereocenters. The van der Waals surface area contributed by atoms with E-state index in [1.807, 2.05) is 0 Å². The molecular formula is C17H19F3N4O. The maximum Gasteiger partial charge on any atom is 0.433 e. The molecule has 3 rings (SSSR count). The largest absolute Gasteiger partial charge is 0.433 e. The zero-order chi connectivity index (χ0) is 18.0. The van der Waals surface area contributed by atoms with Gasteiger partial charge in [-0.3, -0.25) is 4.79 Å². The second-order valence-electron chi connectivity index (χ2n) is 6.29. The molecule has 8 heteroatoms. The van der Waals surface area contributed by atoms with E-state index in [1.165, 1.54) is 12.1 Å². The molecule has 1 fully saturated rings. The number of nitrogens with zero attached hydrogens (tertiary/aromatic N) is 2. The van der Waals surface area contributed by atoms with E-state index < -0.39 is 11.9 Å². The molecule has 0 aliphatic heterocycles. The van der Waals surface area contributed by atoms with Gasteiger partial charge in [0.25, 0.3) is 0 Å². The van der Waals surface area contributed by atoms with Crippen LogP contribution in [0.1, 0.15) is 31.4 Å². The molecule has 0 spiro atoms. The summed E-state index contributed by atoms with van der Waals surface area (Å²) in [6.45, 7) is 0. The minimum atomic E-state index is -4.48. The lowest BCUT2D eigenvalue weighted by Crippen LogP contribution is -2.34. The van der Waals surface area contributed by atoms with Crippen molar-refractivity contribution in [3.05, 3.63) is 42.2 Å². The molecule has 0 saturated heterocycles. The Bertz CT molecular complexity index is 739. The Labute approximate surface area is 143 Å². The van der Waals surface area contributed by atoms with E-state index in [9.17, 15) is 18.0 Å². The number of carbonyl (C=O) groups is 1. The van der Waals surface area contributed by atoms with Crippen molar-refractivity contribution in [1.82, 2.24) is 9.78 Å². The predicted octanol–water partition coefficient (Wildman–Crippen LogP) is 3.35. The number of carbonyl (C=O) groups excluding carboxylic acids is 1. The van der Waals surface area contributed by atoms with Crippen LogP contribution < -0.4 is 11.1 Å². The summed E-state index contributed by atoms with van der Waals surface area (Å²) in [7, 11) is 0. The van der Waals surface area contributed by atoms with Gasteiger partial charge in [-0.15, -0.1) is 0 Å². The first-order valence-electron chi connectivity index (χ1n) is 8.12. The number of aromatic nitrogens is 2. The molecule has 1 amide bonds. The van der Waals surface area contributed by atoms with E-state index in [0.717, 1.165) is 36.2 Å². The molecule has 1 aromatic heterocycles. The standard InChI is InChI=1S/C17H19F3N4O/c18-17(19,20)15-8-9-22-24(15)14-6-4-13(5-7-14)23-16(25)11-2-1-3-12(21)10-11/h4-9,11-12H,1-3,10,21H2,(H,23,25). The Balaban J connectivity index is 1.71. The summed E-state index contributed by atoms with van der Waals surface area (Å²) in [5.74, 6) is -0.218. The van der Waals surface area contributed by atoms with Crippen molar-refractivity contribution in [3.8, 4) is 5.69 Å². The van der Waals surface area contributed by atoms with E-state index in [0.29, 0.717) is 12.1 Å². The first kappa shape index (κ1) is 17.5. The van der Waals surface area contributed by atoms with Gasteiger partial charge in [0.2, 0.25) is 5.91 Å². The zero-order valence-corrected chi connectivity index (χ0v) is 13.5. The van der Waals surface area contributed by atoms with Crippen LogP contribution in [0.3, 0.4) is 0 Å². The van der Waals surface area contributed by atoms with Crippen LogP contribution in [0.5, 0.6) is 0 Å². The summed E-state index contributed by atoms with van der Waals surface area (Å²) in [4.78, 5) is 12.3. The Kier molecular flexibility index (Phi) is 4.80. The Hall–Kier alpha value is -2.35. The Morgan fingerprint density at radius 2 is 1.92 bits per heavy atom. The molecule has 5 nitrogen and oxygen atoms in total. The summed E-state index contributed by atoms with van der Waals surface area (Å²) in [6.07, 6.45) is -0.0540. The average Bonchev–Trinajstić information content (AvgIpc) is 3.05. The molecule has 0 bridgehead atoms. The summed E-state index contributed by atoms with van der Waals surface area (Å²) in [6, 6.07) is 7.08. The van der Waals surface area contributed by atoms with Crippen LogP contribution in [-0.2, 0) is 11.0 Å². The van der Waals surface area contributed by atoms with Crippen LogP contribution in [-0.4, -0.2) is 21.7 Å². The van der Waals surface area contributed by atoms with Crippen molar-refractivity contribution in [2.24, 2.45) is 11.7 Å². The number of nitrogens with one attached hydrogen (secondary N) is 1. The van der Waals surface area contributed by atoms with Gasteiger partial charge in [-0.05, 0) is 49.6 Å². The topological polar surface area (TPSA) is 72.9 Å². The minimum Gasteiger partial charge on any atom is -0.328 e. The molecule has 1 aliphatic carbocycles. The number of hydrogen-bond donors (Lipinski definition) is 2. The minimum absolute atomic E-state index is 0.0486. The Morgan fingerprint density at radius 1 is 1.20 bits per heavy atom. The molecule has 134 valence electrons. The van der Waals surface area contributed by atoms with Crippen molar-refractivity contribution >= 4 is 11.6 Å². The summed E-state index contributed by atoms with van der Waals surface area (Å²) < 4.78 is 39.6. The number of amides is 1. The molecule has 1 aromatic carbocycles. The average molecular weight is 352 g/mol. The van der Waals surface area contributed by atoms with Gasteiger partial charge in [-0.2, -0.15) is 18.3 Å². The van der Waals surface area contributed by atoms with E-state index in [1.54, 1.807) is 12.1 Å². The zero-order valence-electron chi connectivity index (χ0n) is 13.5. The molecule has 1 heterocycles. The van der Waals surface area contributed by atoms with Crippen LogP contribution in [0, 0.1) is 5.92 Å². The first-order chi connectivity index (χ1) is 11.8. The fourth-order valence-electron chi connectivity index (χ4n) is 3.12. The second-order valence-corrected chi connectivity index (χ2v) is 6.29. The van der Waals surface area contributed by atoms with Gasteiger partial charge < -0.3 is 11.1 Å². The van der Waals surface area contributed by atoms with Gasteiger partial charge in [0, 0.05) is 17.6 Å². The molecule has 1 aliphatic rings. The highest BCUT2D eigenvalue weighted by atomic mass is 19.4. The molecule has 2 aromatic rings. The third-order valence-electron chi connectivity index (χ3n) is 4.40. The summed E-state index contributed by atoms with van der Waals surface area (Å²) in [5.41, 5.74) is 5.86. The first-order valence-corrected chi connectivity index (χ1v) is 8.12. The van der Waals surface area contributed by atoms with Gasteiger partial charge in [0.1, 0.15) is 5.69 Å². The van der Waals surface area contributed by atoms with Crippen LogP contribution >= 0.6 is 0 Å². The third kappa shape index (κ3) is 4.01. The number of anilines is 1. The molecule has 25 heavy (non-hydrogen) atoms. The van der Waals surface area contributed by atoms with Gasteiger partial charge in [0.15, 0.2) is 0 Å². The SMILES string of the molecule is NC1CCCC(C(=O)Nc2ccc(-n3nccc3C(F)(F)F)cc2)C1. The summed E-state index contributed by atoms with van der Waals surface area (Å²) >= 11 is 0. The molecule has 3 N–H and O–H groups in total. The highest BCUT2D eigenvalue weighted by molar-refractivity contribution is 5.92. The number of halogens is 3. The van der Waals surface area contributed by atoms with Crippen molar-refractivity contribution in [1.29, 1.82) is 0 Å². The van der Waals surface area contributed by atoms with Crippen LogP contribution in [0.2, 0.25) is 0 Å². The number of rotatable bonds is 3. The molecule has 2 atom stereocenters. The lowest BCUT2D eigenvalue weighted by molar-refractivity contribution is -0.142. The number of benzene rings is 1. The second kappa shape index (κ2) is 6.87. The van der Waals surface area contributed by atoms with Crippen LogP contribution in [0.15, 0.2) is 36.5 Å². The smallest absolute Gasteiger partial charge is 0.328 e. The van der Waals surface area contributed by atoms with Crippen molar-refractivity contribution in [2.45, 2.75) is 37.9 Å². The maximum absolute atomic E-state index is 12.9. The van der Waals surface area contributed by atoms with E-state index in [2.05, 4.69) is 10.4 Å².